The van der Waals surface area contributed by atoms with Gasteiger partial charge < -0.3 is 64.2 Å². The number of aryl methyl sites for hydroxylation is 4. The molecular weight excluding hydrogens is 1080 g/mol. The van der Waals surface area contributed by atoms with Gasteiger partial charge in [-0.15, -0.1) is 0 Å². The predicted octanol–water partition coefficient (Wildman–Crippen LogP) is 1.44. The topological polar surface area (TPSA) is 325 Å². The van der Waals surface area contributed by atoms with E-state index in [1.54, 1.807) is 52.0 Å². The number of hydrogen-bond donors (Lipinski definition) is 12. The lowest BCUT2D eigenvalue weighted by Gasteiger charge is -2.23. The highest BCUT2D eigenvalue weighted by atomic mass is 33.1. The molecule has 6 atom stereocenters. The standard InChI is InChI=1S/C54H70N10O10S4/c1-31-19-37(65)20-32(2)39(31)25-41(55)49(69)63-45-29-77-78-30-46(64-50(70)42(56)26-40-33(3)21-38(66)22-34(40)4)54(74)60-28-48(68)62-44(24-36-13-9-6-10-14-36)52(72)58-16-18-76-75-17-15-57-51(71)43(23-35-11-7-5-8-12-35)61-47(67)27-59-53(45)73/h5-14,19-22,41-46,65-66H,15-18,23-30,55-56H2,1-4H3,(H,57,71)(H,58,72)(H,59,73)(H,60,74)(H,61,67)(H,62,68)(H,63,69)(H,64,70)/t41-,42-,43-,44-,45+,46+/m0/s1. The summed E-state index contributed by atoms with van der Waals surface area (Å²) in [6.07, 6.45) is 0.420. The Kier molecular flexibility index (Phi) is 25.5. The van der Waals surface area contributed by atoms with E-state index >= 15 is 0 Å². The van der Waals surface area contributed by atoms with Crippen molar-refractivity contribution in [3.63, 3.8) is 0 Å². The molecule has 24 heteroatoms. The van der Waals surface area contributed by atoms with Crippen LogP contribution < -0.4 is 54.0 Å². The van der Waals surface area contributed by atoms with Gasteiger partial charge in [-0.05, 0) is 109 Å². The van der Waals surface area contributed by atoms with Crippen molar-refractivity contribution in [1.29, 1.82) is 0 Å². The van der Waals surface area contributed by atoms with Crippen molar-refractivity contribution >= 4 is 90.4 Å². The van der Waals surface area contributed by atoms with E-state index in [0.717, 1.165) is 43.8 Å². The van der Waals surface area contributed by atoms with Crippen LogP contribution in [0, 0.1) is 27.7 Å². The maximum Gasteiger partial charge on any atom is 0.243 e. The summed E-state index contributed by atoms with van der Waals surface area (Å²) < 4.78 is 0. The quantitative estimate of drug-likeness (QED) is 0.0894. The number of nitrogens with two attached hydrogens (primary N) is 2. The summed E-state index contributed by atoms with van der Waals surface area (Å²) in [7, 11) is 5.03. The van der Waals surface area contributed by atoms with Crippen molar-refractivity contribution < 1.29 is 48.6 Å². The first-order chi connectivity index (χ1) is 37.3. The smallest absolute Gasteiger partial charge is 0.243 e. The minimum absolute atomic E-state index is 0.0545. The summed E-state index contributed by atoms with van der Waals surface area (Å²) in [5.41, 5.74) is 18.7. The monoisotopic (exact) mass is 1150 g/mol. The molecule has 78 heavy (non-hydrogen) atoms. The summed E-state index contributed by atoms with van der Waals surface area (Å²) in [6.45, 7) is 6.47. The number of rotatable bonds is 12. The fourth-order valence-electron chi connectivity index (χ4n) is 8.35. The molecule has 4 aromatic carbocycles. The van der Waals surface area contributed by atoms with E-state index in [-0.39, 0.29) is 61.8 Å². The molecule has 0 aliphatic carbocycles. The molecule has 5 rings (SSSR count). The molecule has 1 saturated heterocycles. The zero-order valence-electron chi connectivity index (χ0n) is 44.0. The number of phenolic OH excluding ortho intramolecular Hbond substituents is 2. The van der Waals surface area contributed by atoms with Gasteiger partial charge in [-0.1, -0.05) is 104 Å². The third-order valence-electron chi connectivity index (χ3n) is 12.5. The van der Waals surface area contributed by atoms with Crippen molar-refractivity contribution in [2.24, 2.45) is 11.5 Å². The minimum Gasteiger partial charge on any atom is -0.508 e. The number of carbonyl (C=O) groups excluding carboxylic acids is 8. The largest absolute Gasteiger partial charge is 0.508 e. The van der Waals surface area contributed by atoms with Gasteiger partial charge in [0.15, 0.2) is 0 Å². The Labute approximate surface area is 470 Å². The van der Waals surface area contributed by atoms with Crippen LogP contribution >= 0.6 is 43.2 Å². The number of carbonyl (C=O) groups is 8. The van der Waals surface area contributed by atoms with Gasteiger partial charge in [-0.2, -0.15) is 0 Å². The number of nitrogens with one attached hydrogen (secondary N) is 8. The van der Waals surface area contributed by atoms with E-state index in [1.165, 1.54) is 21.6 Å². The number of phenols is 2. The summed E-state index contributed by atoms with van der Waals surface area (Å²) in [6, 6.07) is 17.4. The van der Waals surface area contributed by atoms with Crippen molar-refractivity contribution in [1.82, 2.24) is 42.5 Å². The Morgan fingerprint density at radius 1 is 0.538 bits per heavy atom. The lowest BCUT2D eigenvalue weighted by atomic mass is 9.96. The van der Waals surface area contributed by atoms with Crippen LogP contribution in [-0.2, 0) is 64.0 Å². The van der Waals surface area contributed by atoms with Gasteiger partial charge >= 0.3 is 0 Å². The summed E-state index contributed by atoms with van der Waals surface area (Å²) in [4.78, 5) is 110. The van der Waals surface area contributed by atoms with Gasteiger partial charge in [0.05, 0.1) is 25.2 Å². The molecule has 20 nitrogen and oxygen atoms in total. The second-order valence-corrected chi connectivity index (χ2v) is 24.0. The van der Waals surface area contributed by atoms with Crippen LogP contribution in [0.3, 0.4) is 0 Å². The Hall–Kier alpha value is -6.44. The van der Waals surface area contributed by atoms with Gasteiger partial charge in [0, 0.05) is 48.9 Å². The van der Waals surface area contributed by atoms with Crippen LogP contribution in [0.25, 0.3) is 0 Å². The van der Waals surface area contributed by atoms with Crippen LogP contribution in [0.15, 0.2) is 84.9 Å². The highest BCUT2D eigenvalue weighted by Crippen LogP contribution is 2.26. The van der Waals surface area contributed by atoms with Crippen LogP contribution in [0.2, 0.25) is 0 Å². The zero-order valence-corrected chi connectivity index (χ0v) is 47.2. The van der Waals surface area contributed by atoms with Gasteiger partial charge in [0.2, 0.25) is 47.3 Å². The van der Waals surface area contributed by atoms with E-state index in [1.807, 2.05) is 60.7 Å². The van der Waals surface area contributed by atoms with E-state index in [9.17, 15) is 48.6 Å². The van der Waals surface area contributed by atoms with Crippen LogP contribution in [0.5, 0.6) is 11.5 Å². The van der Waals surface area contributed by atoms with Gasteiger partial charge in [-0.25, -0.2) is 0 Å². The lowest BCUT2D eigenvalue weighted by Crippen LogP contribution is -2.55. The fraction of sp³-hybridized carbons (Fsp3) is 0.407. The average molecular weight is 1150 g/mol. The van der Waals surface area contributed by atoms with Crippen LogP contribution in [-0.4, -0.2) is 143 Å². The number of amides is 8. The van der Waals surface area contributed by atoms with Crippen LogP contribution in [0.1, 0.15) is 44.5 Å². The van der Waals surface area contributed by atoms with Crippen molar-refractivity contribution in [2.45, 2.75) is 89.6 Å². The maximum absolute atomic E-state index is 14.0. The SMILES string of the molecule is Cc1cc(O)cc(C)c1C[C@H](N)C(=O)N[C@@H]1CSSC[C@@H](NC(=O)[C@@H](N)Cc2c(C)cc(O)cc2C)C(=O)NCC(=O)N[C@@H](Cc2ccccc2)C(=O)NCCSSCCNC(=O)[C@H](Cc2ccccc2)NC(=O)CNC1=O. The molecule has 0 radical (unpaired) electrons. The molecule has 0 saturated carbocycles. The van der Waals surface area contributed by atoms with Crippen molar-refractivity contribution in [3.8, 4) is 11.5 Å². The highest BCUT2D eigenvalue weighted by molar-refractivity contribution is 8.77. The Morgan fingerprint density at radius 2 is 0.885 bits per heavy atom. The first kappa shape index (κ1) is 62.4. The molecule has 0 spiro atoms. The molecule has 1 aliphatic rings. The molecule has 0 aromatic heterocycles. The second-order valence-electron chi connectivity index (χ2n) is 18.7. The normalized spacial score (nSPS) is 20.1. The summed E-state index contributed by atoms with van der Waals surface area (Å²) >= 11 is 0. The molecule has 1 aliphatic heterocycles. The first-order valence-corrected chi connectivity index (χ1v) is 30.2. The molecular formula is C54H70N10O10S4. The Morgan fingerprint density at radius 3 is 1.23 bits per heavy atom. The van der Waals surface area contributed by atoms with Gasteiger partial charge in [0.1, 0.15) is 35.7 Å². The van der Waals surface area contributed by atoms with Crippen molar-refractivity contribution in [2.75, 3.05) is 49.2 Å². The van der Waals surface area contributed by atoms with Crippen molar-refractivity contribution in [3.05, 3.63) is 129 Å². The van der Waals surface area contributed by atoms with E-state index in [2.05, 4.69) is 42.5 Å². The number of aromatic hydroxyl groups is 2. The molecule has 8 amide bonds. The van der Waals surface area contributed by atoms with E-state index in [0.29, 0.717) is 33.8 Å². The highest BCUT2D eigenvalue weighted by Gasteiger charge is 2.30. The van der Waals surface area contributed by atoms with Crippen LogP contribution in [0.4, 0.5) is 0 Å². The third kappa shape index (κ3) is 20.7. The van der Waals surface area contributed by atoms with E-state index in [4.69, 9.17) is 11.5 Å². The molecule has 0 unspecified atom stereocenters. The lowest BCUT2D eigenvalue weighted by molar-refractivity contribution is -0.131. The minimum atomic E-state index is -1.31. The predicted molar refractivity (Wildman–Crippen MR) is 308 cm³/mol. The second kappa shape index (κ2) is 31.8. The maximum atomic E-state index is 14.0. The Balaban J connectivity index is 1.39. The molecule has 14 N–H and O–H groups in total. The first-order valence-electron chi connectivity index (χ1n) is 25.2. The van der Waals surface area contributed by atoms with Gasteiger partial charge in [0.25, 0.3) is 0 Å². The number of benzene rings is 4. The summed E-state index contributed by atoms with van der Waals surface area (Å²) in [5.74, 6) is -4.37. The molecule has 1 heterocycles. The molecule has 420 valence electrons. The third-order valence-corrected chi connectivity index (χ3v) is 17.3. The van der Waals surface area contributed by atoms with Gasteiger partial charge in [-0.3, -0.25) is 38.4 Å². The fourth-order valence-corrected chi connectivity index (χ4v) is 12.5. The summed E-state index contributed by atoms with van der Waals surface area (Å²) in [5, 5.41) is 41.9. The molecule has 4 aromatic rings. The molecule has 1 fully saturated rings. The average Bonchev–Trinajstić information content (AvgIpc) is 3.40. The number of hydrogen-bond acceptors (Lipinski definition) is 16. The van der Waals surface area contributed by atoms with E-state index < -0.39 is 96.6 Å². The molecule has 0 bridgehead atoms. The Bertz CT molecular complexity index is 2500. The zero-order chi connectivity index (χ0) is 56.7.